The maximum absolute atomic E-state index is 13.5. The van der Waals surface area contributed by atoms with Crippen LogP contribution in [0.3, 0.4) is 0 Å². The van der Waals surface area contributed by atoms with Crippen LogP contribution in [0.25, 0.3) is 21.5 Å². The molecule has 8 N–H and O–H groups in total. The summed E-state index contributed by atoms with van der Waals surface area (Å²) in [5.41, 5.74) is -1.25. The first-order chi connectivity index (χ1) is 25.2. The van der Waals surface area contributed by atoms with Crippen molar-refractivity contribution < 1.29 is 57.8 Å². The molecule has 0 aliphatic rings. The lowest BCUT2D eigenvalue weighted by atomic mass is 10.1. The molecule has 54 heavy (non-hydrogen) atoms. The van der Waals surface area contributed by atoms with Crippen molar-refractivity contribution in [2.45, 2.75) is 19.6 Å². The third-order valence-electron chi connectivity index (χ3n) is 7.81. The predicted molar refractivity (Wildman–Crippen MR) is 198 cm³/mol. The number of sulfonamides is 2. The highest BCUT2D eigenvalue weighted by Crippen LogP contribution is 2.39. The first-order valence-electron chi connectivity index (χ1n) is 15.0. The van der Waals surface area contributed by atoms with Gasteiger partial charge in [0.2, 0.25) is 0 Å². The summed E-state index contributed by atoms with van der Waals surface area (Å²) in [5.74, 6) is -1.06. The van der Waals surface area contributed by atoms with E-state index in [1.54, 1.807) is 0 Å². The number of hydrogen-bond donors (Lipinski definition) is 8. The highest BCUT2D eigenvalue weighted by molar-refractivity contribution is 7.93. The van der Waals surface area contributed by atoms with Crippen LogP contribution in [0.4, 0.5) is 27.5 Å². The lowest BCUT2D eigenvalue weighted by Crippen LogP contribution is -2.21. The Hall–Kier alpha value is -5.97. The van der Waals surface area contributed by atoms with Crippen LogP contribution in [0.1, 0.15) is 0 Å². The van der Waals surface area contributed by atoms with Crippen LogP contribution >= 0.6 is 0 Å². The van der Waals surface area contributed by atoms with E-state index in [-0.39, 0.29) is 32.9 Å². The van der Waals surface area contributed by atoms with E-state index in [0.29, 0.717) is 12.1 Å². The van der Waals surface area contributed by atoms with Gasteiger partial charge in [-0.3, -0.25) is 18.5 Å². The predicted octanol–water partition coefficient (Wildman–Crippen LogP) is 5.14. The molecule has 6 rings (SSSR count). The first-order valence-corrected chi connectivity index (χ1v) is 20.9. The summed E-state index contributed by atoms with van der Waals surface area (Å²) >= 11 is 0. The van der Waals surface area contributed by atoms with Crippen molar-refractivity contribution in [2.24, 2.45) is 0 Å². The quantitative estimate of drug-likeness (QED) is 0.0657. The van der Waals surface area contributed by atoms with Crippen molar-refractivity contribution in [3.8, 4) is 11.5 Å². The molecule has 280 valence electrons. The lowest BCUT2D eigenvalue weighted by Gasteiger charge is -2.16. The van der Waals surface area contributed by atoms with E-state index in [0.717, 1.165) is 24.3 Å². The highest BCUT2D eigenvalue weighted by atomic mass is 32.2. The number of urea groups is 1. The van der Waals surface area contributed by atoms with Crippen molar-refractivity contribution in [1.29, 1.82) is 0 Å². The highest BCUT2D eigenvalue weighted by Gasteiger charge is 2.27. The molecule has 0 radical (unpaired) electrons. The molecule has 21 heteroatoms. The molecule has 0 spiro atoms. The van der Waals surface area contributed by atoms with Crippen LogP contribution in [0.2, 0.25) is 0 Å². The summed E-state index contributed by atoms with van der Waals surface area (Å²) < 4.78 is 126. The number of nitrogens with one attached hydrogen (secondary N) is 4. The van der Waals surface area contributed by atoms with E-state index < -0.39 is 88.8 Å². The smallest absolute Gasteiger partial charge is 0.323 e. The van der Waals surface area contributed by atoms with Gasteiger partial charge in [0.05, 0.1) is 21.2 Å². The maximum atomic E-state index is 13.5. The Morgan fingerprint density at radius 3 is 1.17 bits per heavy atom. The van der Waals surface area contributed by atoms with Gasteiger partial charge >= 0.3 is 6.03 Å². The number of phenolic OH excluding ortho intramolecular Hbond substituents is 2. The van der Waals surface area contributed by atoms with Crippen LogP contribution in [0.5, 0.6) is 11.5 Å². The van der Waals surface area contributed by atoms with Gasteiger partial charge < -0.3 is 20.8 Å². The molecule has 0 fully saturated rings. The van der Waals surface area contributed by atoms with Gasteiger partial charge in [-0.2, -0.15) is 16.8 Å². The number of fused-ring (bicyclic) bond motifs is 2. The standard InChI is InChI=1S/C33H26N4O13S4/c38-27-17-29(53(45,46)47)31(25-13-3-1-11-23(25)27)36-51(41,42)21-9-5-7-19(15-21)34-33(40)35-20-8-6-10-22(16-20)52(43,44)37-32-26-14-4-2-12-24(26)28(39)18-30(32)54(48,49)50/h1-18,36-39H,(H2,34,35,40)(H,45,46,47)(H,48,49,50). The zero-order valence-electron chi connectivity index (χ0n) is 27.0. The fourth-order valence-electron chi connectivity index (χ4n) is 5.44. The van der Waals surface area contributed by atoms with Crippen LogP contribution in [-0.2, 0) is 40.3 Å². The molecule has 0 bridgehead atoms. The Labute approximate surface area is 307 Å². The van der Waals surface area contributed by atoms with Crippen molar-refractivity contribution in [1.82, 2.24) is 0 Å². The van der Waals surface area contributed by atoms with Crippen LogP contribution in [0, 0.1) is 0 Å². The molecule has 0 saturated carbocycles. The number of rotatable bonds is 10. The summed E-state index contributed by atoms with van der Waals surface area (Å²) in [5, 5.41) is 25.5. The molecule has 0 aliphatic heterocycles. The molecule has 6 aromatic carbocycles. The average Bonchev–Trinajstić information content (AvgIpc) is 3.10. The monoisotopic (exact) mass is 814 g/mol. The summed E-state index contributed by atoms with van der Waals surface area (Å²) in [6.07, 6.45) is 0. The van der Waals surface area contributed by atoms with Crippen LogP contribution in [-0.4, -0.2) is 59.0 Å². The molecule has 6 aromatic rings. The fraction of sp³-hybridized carbons (Fsp3) is 0. The van der Waals surface area contributed by atoms with Gasteiger partial charge in [0.1, 0.15) is 21.3 Å². The molecule has 0 aliphatic carbocycles. The fourth-order valence-corrected chi connectivity index (χ4v) is 9.22. The van der Waals surface area contributed by atoms with Crippen molar-refractivity contribution >= 4 is 90.6 Å². The second kappa shape index (κ2) is 13.8. The average molecular weight is 815 g/mol. The van der Waals surface area contributed by atoms with Crippen molar-refractivity contribution in [3.05, 3.63) is 109 Å². The largest absolute Gasteiger partial charge is 0.507 e. The Kier molecular flexibility index (Phi) is 9.64. The van der Waals surface area contributed by atoms with E-state index >= 15 is 0 Å². The number of amides is 2. The Morgan fingerprint density at radius 1 is 0.463 bits per heavy atom. The third-order valence-corrected chi connectivity index (χ3v) is 12.3. The Balaban J connectivity index is 1.24. The molecule has 0 atom stereocenters. The Morgan fingerprint density at radius 2 is 0.815 bits per heavy atom. The van der Waals surface area contributed by atoms with Crippen molar-refractivity contribution in [3.63, 3.8) is 0 Å². The van der Waals surface area contributed by atoms with Crippen LogP contribution in [0.15, 0.2) is 129 Å². The number of phenols is 2. The van der Waals surface area contributed by atoms with Gasteiger partial charge in [-0.05, 0) is 36.4 Å². The summed E-state index contributed by atoms with van der Waals surface area (Å²) in [6.45, 7) is 0. The van der Waals surface area contributed by atoms with E-state index in [1.165, 1.54) is 72.8 Å². The number of hydrogen-bond acceptors (Lipinski definition) is 11. The molecule has 2 amide bonds. The zero-order valence-corrected chi connectivity index (χ0v) is 30.3. The van der Waals surface area contributed by atoms with Gasteiger partial charge in [0.15, 0.2) is 0 Å². The number of carbonyl (C=O) groups is 1. The molecule has 0 aromatic heterocycles. The second-order valence-corrected chi connectivity index (χ2v) is 17.6. The lowest BCUT2D eigenvalue weighted by molar-refractivity contribution is 0.262. The topological polar surface area (TPSA) is 283 Å². The maximum Gasteiger partial charge on any atom is 0.323 e. The molecular formula is C33H26N4O13S4. The minimum absolute atomic E-state index is 0.0444. The van der Waals surface area contributed by atoms with E-state index in [2.05, 4.69) is 20.1 Å². The van der Waals surface area contributed by atoms with Crippen molar-refractivity contribution in [2.75, 3.05) is 20.1 Å². The minimum atomic E-state index is -5.04. The van der Waals surface area contributed by atoms with Gasteiger partial charge in [0.25, 0.3) is 40.3 Å². The summed E-state index contributed by atoms with van der Waals surface area (Å²) in [4.78, 5) is 10.2. The molecule has 0 unspecified atom stereocenters. The van der Waals surface area contributed by atoms with E-state index in [4.69, 9.17) is 0 Å². The van der Waals surface area contributed by atoms with Gasteiger partial charge in [0, 0.05) is 45.1 Å². The van der Waals surface area contributed by atoms with E-state index in [1.807, 2.05) is 0 Å². The SMILES string of the molecule is O=C(Nc1cccc(S(=O)(=O)Nc2c(S(=O)(=O)O)cc(O)c3ccccc23)c1)Nc1cccc(S(=O)(=O)Nc2c(S(=O)(=O)O)cc(O)c3ccccc23)c1. The number of carbonyl (C=O) groups excluding carboxylic acids is 1. The van der Waals surface area contributed by atoms with E-state index in [9.17, 15) is 57.8 Å². The third kappa shape index (κ3) is 7.71. The Bertz CT molecular complexity index is 2770. The molecule has 0 saturated heterocycles. The number of anilines is 4. The number of benzene rings is 6. The van der Waals surface area contributed by atoms with Gasteiger partial charge in [-0.1, -0.05) is 60.7 Å². The summed E-state index contributed by atoms with van der Waals surface area (Å²) in [7, 11) is -19.3. The zero-order chi connectivity index (χ0) is 39.2. The van der Waals surface area contributed by atoms with Gasteiger partial charge in [-0.15, -0.1) is 0 Å². The molecule has 17 nitrogen and oxygen atoms in total. The normalized spacial score (nSPS) is 12.3. The van der Waals surface area contributed by atoms with Crippen LogP contribution < -0.4 is 20.1 Å². The summed E-state index contributed by atoms with van der Waals surface area (Å²) in [6, 6.07) is 21.3. The first kappa shape index (κ1) is 37.8. The molecule has 0 heterocycles. The number of aromatic hydroxyl groups is 2. The van der Waals surface area contributed by atoms with Gasteiger partial charge in [-0.25, -0.2) is 21.6 Å². The molecular weight excluding hydrogens is 789 g/mol. The second-order valence-electron chi connectivity index (χ2n) is 11.4. The minimum Gasteiger partial charge on any atom is -0.507 e.